The van der Waals surface area contributed by atoms with E-state index in [1.807, 2.05) is 0 Å². The Balaban J connectivity index is 6.32. The summed E-state index contributed by atoms with van der Waals surface area (Å²) in [6, 6.07) is 0.643. The van der Waals surface area contributed by atoms with Crippen LogP contribution in [0.2, 0.25) is 0 Å². The van der Waals surface area contributed by atoms with Crippen molar-refractivity contribution in [3.8, 4) is 0 Å². The first kappa shape index (κ1) is 60.0. The van der Waals surface area contributed by atoms with Crippen molar-refractivity contribution in [3.05, 3.63) is 0 Å². The van der Waals surface area contributed by atoms with Gasteiger partial charge >= 0.3 is 0 Å². The van der Waals surface area contributed by atoms with Crippen molar-refractivity contribution < 1.29 is 0 Å². The standard InChI is InChI=1S/C59H121N/c1-11-19-34-54(35-20-12-2)42-27-44-58(45-28-43-55(36-21-13-3)37-22-14-4)48-32-52-59(49-29-33-53(9)60-10,50-30-46-56(38-23-15-5)39-24-16-6)51-31-47-57(40-25-17-7)41-26-18-8/h53-58,60H,11-52H2,1-10H3. The van der Waals surface area contributed by atoms with Gasteiger partial charge in [0.15, 0.2) is 0 Å². The second kappa shape index (κ2) is 44.2. The molecule has 0 saturated carbocycles. The second-order valence-electron chi connectivity index (χ2n) is 21.6. The smallest absolute Gasteiger partial charge is 0.00357 e. The highest BCUT2D eigenvalue weighted by Crippen LogP contribution is 2.44. The molecule has 0 aliphatic heterocycles. The fourth-order valence-electron chi connectivity index (χ4n) is 11.5. The van der Waals surface area contributed by atoms with Crippen LogP contribution in [-0.4, -0.2) is 13.1 Å². The molecule has 0 heterocycles. The Morgan fingerprint density at radius 2 is 0.450 bits per heavy atom. The van der Waals surface area contributed by atoms with Crippen LogP contribution in [0.5, 0.6) is 0 Å². The predicted molar refractivity (Wildman–Crippen MR) is 278 cm³/mol. The molecule has 1 heteroatoms. The van der Waals surface area contributed by atoms with E-state index in [0.717, 1.165) is 29.6 Å². The largest absolute Gasteiger partial charge is 0.317 e. The van der Waals surface area contributed by atoms with Gasteiger partial charge in [-0.2, -0.15) is 0 Å². The van der Waals surface area contributed by atoms with E-state index < -0.39 is 0 Å². The van der Waals surface area contributed by atoms with E-state index >= 15 is 0 Å². The van der Waals surface area contributed by atoms with Crippen molar-refractivity contribution in [1.29, 1.82) is 0 Å². The van der Waals surface area contributed by atoms with E-state index in [-0.39, 0.29) is 0 Å². The zero-order chi connectivity index (χ0) is 44.4. The van der Waals surface area contributed by atoms with Crippen molar-refractivity contribution in [2.45, 2.75) is 338 Å². The molecule has 0 aromatic rings. The lowest BCUT2D eigenvalue weighted by Gasteiger charge is -2.37. The van der Waals surface area contributed by atoms with Crippen molar-refractivity contribution in [2.24, 2.45) is 35.0 Å². The highest BCUT2D eigenvalue weighted by atomic mass is 14.8. The van der Waals surface area contributed by atoms with E-state index in [2.05, 4.69) is 74.7 Å². The Labute approximate surface area is 383 Å². The topological polar surface area (TPSA) is 12.0 Å². The number of rotatable bonds is 49. The van der Waals surface area contributed by atoms with Crippen LogP contribution in [0.3, 0.4) is 0 Å². The zero-order valence-electron chi connectivity index (χ0n) is 44.2. The number of nitrogens with one attached hydrogen (secondary N) is 1. The molecule has 0 bridgehead atoms. The molecule has 0 spiro atoms. The molecule has 0 amide bonds. The second-order valence-corrected chi connectivity index (χ2v) is 21.6. The van der Waals surface area contributed by atoms with Crippen molar-refractivity contribution in [1.82, 2.24) is 5.32 Å². The summed E-state index contributed by atoms with van der Waals surface area (Å²) >= 11 is 0. The molecule has 0 saturated heterocycles. The summed E-state index contributed by atoms with van der Waals surface area (Å²) < 4.78 is 0. The zero-order valence-corrected chi connectivity index (χ0v) is 44.2. The van der Waals surface area contributed by atoms with Gasteiger partial charge in [-0.3, -0.25) is 0 Å². The third-order valence-electron chi connectivity index (χ3n) is 16.0. The Hall–Kier alpha value is -0.0400. The Morgan fingerprint density at radius 3 is 0.650 bits per heavy atom. The fraction of sp³-hybridized carbons (Fsp3) is 1.00. The molecule has 1 N–H and O–H groups in total. The van der Waals surface area contributed by atoms with E-state index in [9.17, 15) is 0 Å². The lowest BCUT2D eigenvalue weighted by molar-refractivity contribution is 0.157. The summed E-state index contributed by atoms with van der Waals surface area (Å²) in [7, 11) is 2.18. The number of hydrogen-bond acceptors (Lipinski definition) is 1. The van der Waals surface area contributed by atoms with E-state index in [0.29, 0.717) is 11.5 Å². The maximum atomic E-state index is 3.60. The van der Waals surface area contributed by atoms with Crippen LogP contribution in [0.15, 0.2) is 0 Å². The Kier molecular flexibility index (Phi) is 44.1. The normalized spacial score (nSPS) is 13.1. The minimum absolute atomic E-state index is 0.564. The van der Waals surface area contributed by atoms with E-state index in [1.54, 1.807) is 0 Å². The average Bonchev–Trinajstić information content (AvgIpc) is 3.26. The molecule has 0 rings (SSSR count). The van der Waals surface area contributed by atoms with Crippen LogP contribution in [0, 0.1) is 35.0 Å². The van der Waals surface area contributed by atoms with Crippen LogP contribution >= 0.6 is 0 Å². The molecule has 1 unspecified atom stereocenters. The van der Waals surface area contributed by atoms with Gasteiger partial charge in [0.2, 0.25) is 0 Å². The number of hydrogen-bond donors (Lipinski definition) is 1. The van der Waals surface area contributed by atoms with E-state index in [1.165, 1.54) is 270 Å². The van der Waals surface area contributed by atoms with Crippen LogP contribution in [0.25, 0.3) is 0 Å². The van der Waals surface area contributed by atoms with Crippen molar-refractivity contribution in [3.63, 3.8) is 0 Å². The van der Waals surface area contributed by atoms with Crippen molar-refractivity contribution in [2.75, 3.05) is 7.05 Å². The summed E-state index contributed by atoms with van der Waals surface area (Å²) in [5, 5.41) is 3.60. The molecule has 1 nitrogen and oxygen atoms in total. The maximum absolute atomic E-state index is 3.60. The Bertz CT molecular complexity index is 734. The SMILES string of the molecule is CCCCC(CCCC)CCCC(CCCC(CCCC)CCCC)CCCC(CCCC(CCCC)CCCC)(CCCC(CCCC)CCCC)CCCC(C)NC. The summed E-state index contributed by atoms with van der Waals surface area (Å²) in [6.45, 7) is 21.7. The molecule has 1 atom stereocenters. The third-order valence-corrected chi connectivity index (χ3v) is 16.0. The molecule has 362 valence electrons. The summed E-state index contributed by atoms with van der Waals surface area (Å²) in [4.78, 5) is 0. The third kappa shape index (κ3) is 34.4. The molecule has 0 aliphatic rings. The van der Waals surface area contributed by atoms with Gasteiger partial charge in [-0.25, -0.2) is 0 Å². The molecular formula is C59H121N. The predicted octanol–water partition coefficient (Wildman–Crippen LogP) is 21.2. The minimum Gasteiger partial charge on any atom is -0.317 e. The highest BCUT2D eigenvalue weighted by molar-refractivity contribution is 4.83. The van der Waals surface area contributed by atoms with Crippen LogP contribution < -0.4 is 5.32 Å². The first-order valence-electron chi connectivity index (χ1n) is 29.0. The summed E-state index contributed by atoms with van der Waals surface area (Å²) in [5.74, 6) is 4.88. The fourth-order valence-corrected chi connectivity index (χ4v) is 11.5. The minimum atomic E-state index is 0.564. The highest BCUT2D eigenvalue weighted by Gasteiger charge is 2.30. The van der Waals surface area contributed by atoms with Gasteiger partial charge in [0, 0.05) is 6.04 Å². The lowest BCUT2D eigenvalue weighted by Crippen LogP contribution is -2.25. The lowest BCUT2D eigenvalue weighted by atomic mass is 9.69. The Morgan fingerprint density at radius 1 is 0.267 bits per heavy atom. The van der Waals surface area contributed by atoms with E-state index in [4.69, 9.17) is 0 Å². The van der Waals surface area contributed by atoms with Gasteiger partial charge < -0.3 is 5.32 Å². The van der Waals surface area contributed by atoms with Crippen LogP contribution in [0.4, 0.5) is 0 Å². The first-order chi connectivity index (χ1) is 29.3. The van der Waals surface area contributed by atoms with Crippen molar-refractivity contribution >= 4 is 0 Å². The summed E-state index contributed by atoms with van der Waals surface area (Å²) in [5.41, 5.74) is 0.564. The quantitative estimate of drug-likeness (QED) is 0.0643. The molecule has 0 radical (unpaired) electrons. The molecular weight excluding hydrogens is 723 g/mol. The van der Waals surface area contributed by atoms with Gasteiger partial charge in [0.05, 0.1) is 0 Å². The van der Waals surface area contributed by atoms with Crippen LogP contribution in [-0.2, 0) is 0 Å². The number of unbranched alkanes of at least 4 members (excludes halogenated alkanes) is 8. The van der Waals surface area contributed by atoms with Gasteiger partial charge in [0.25, 0.3) is 0 Å². The molecule has 0 aromatic carbocycles. The monoisotopic (exact) mass is 844 g/mol. The van der Waals surface area contributed by atoms with Gasteiger partial charge in [-0.15, -0.1) is 0 Å². The molecule has 0 aliphatic carbocycles. The summed E-state index contributed by atoms with van der Waals surface area (Å²) in [6.07, 6.45) is 61.2. The van der Waals surface area contributed by atoms with Gasteiger partial charge in [0.1, 0.15) is 0 Å². The first-order valence-corrected chi connectivity index (χ1v) is 29.0. The van der Waals surface area contributed by atoms with Crippen LogP contribution in [0.1, 0.15) is 332 Å². The van der Waals surface area contributed by atoms with Gasteiger partial charge in [-0.05, 0) is 81.1 Å². The molecule has 0 aromatic heterocycles. The maximum Gasteiger partial charge on any atom is 0.00357 e. The average molecular weight is 845 g/mol. The molecule has 0 fully saturated rings. The van der Waals surface area contributed by atoms with Gasteiger partial charge in [-0.1, -0.05) is 293 Å². The molecule has 60 heavy (non-hydrogen) atoms.